The lowest BCUT2D eigenvalue weighted by Gasteiger charge is -2.16. The van der Waals surface area contributed by atoms with Gasteiger partial charge in [0.05, 0.1) is 24.0 Å². The highest BCUT2D eigenvalue weighted by Gasteiger charge is 2.19. The molecule has 1 atom stereocenters. The van der Waals surface area contributed by atoms with Crippen molar-refractivity contribution in [2.75, 3.05) is 0 Å². The lowest BCUT2D eigenvalue weighted by Crippen LogP contribution is -2.28. The second-order valence-electron chi connectivity index (χ2n) is 5.40. The van der Waals surface area contributed by atoms with Crippen molar-refractivity contribution >= 4 is 37.8 Å². The number of halogens is 2. The zero-order chi connectivity index (χ0) is 18.7. The van der Waals surface area contributed by atoms with E-state index in [4.69, 9.17) is 5.26 Å². The molecule has 130 valence electrons. The van der Waals surface area contributed by atoms with Crippen LogP contribution in [-0.4, -0.2) is 25.7 Å². The van der Waals surface area contributed by atoms with E-state index in [2.05, 4.69) is 52.2 Å². The van der Waals surface area contributed by atoms with Crippen LogP contribution in [0, 0.1) is 11.3 Å². The van der Waals surface area contributed by atoms with Crippen LogP contribution in [0.5, 0.6) is 0 Å². The fraction of sp³-hybridized carbons (Fsp3) is 0.118. The Bertz CT molecular complexity index is 990. The molecule has 0 saturated carbocycles. The summed E-state index contributed by atoms with van der Waals surface area (Å²) in [5, 5.41) is 16.0. The van der Waals surface area contributed by atoms with Gasteiger partial charge < -0.3 is 5.32 Å². The van der Waals surface area contributed by atoms with Gasteiger partial charge in [-0.3, -0.25) is 9.78 Å². The van der Waals surface area contributed by atoms with Crippen LogP contribution in [0.4, 0.5) is 0 Å². The summed E-state index contributed by atoms with van der Waals surface area (Å²) in [6.45, 7) is 1.81. The maximum Gasteiger partial charge on any atom is 0.251 e. The largest absolute Gasteiger partial charge is 0.344 e. The van der Waals surface area contributed by atoms with E-state index in [0.29, 0.717) is 22.6 Å². The third-order valence-electron chi connectivity index (χ3n) is 3.52. The van der Waals surface area contributed by atoms with Crippen LogP contribution in [0.1, 0.15) is 34.6 Å². The first kappa shape index (κ1) is 18.2. The normalized spacial score (nSPS) is 11.6. The van der Waals surface area contributed by atoms with Crippen LogP contribution in [0.3, 0.4) is 0 Å². The van der Waals surface area contributed by atoms with E-state index in [0.717, 1.165) is 8.95 Å². The van der Waals surface area contributed by atoms with Crippen molar-refractivity contribution in [3.63, 3.8) is 0 Å². The summed E-state index contributed by atoms with van der Waals surface area (Å²) in [5.41, 5.74) is 1.47. The molecule has 0 bridgehead atoms. The van der Waals surface area contributed by atoms with Crippen LogP contribution < -0.4 is 5.32 Å². The van der Waals surface area contributed by atoms with Gasteiger partial charge in [0.2, 0.25) is 0 Å². The Morgan fingerprint density at radius 2 is 1.92 bits per heavy atom. The van der Waals surface area contributed by atoms with Gasteiger partial charge in [-0.1, -0.05) is 31.9 Å². The highest BCUT2D eigenvalue weighted by molar-refractivity contribution is 9.11. The van der Waals surface area contributed by atoms with Gasteiger partial charge in [-0.15, -0.1) is 0 Å². The number of carbonyl (C=O) groups is 1. The smallest absolute Gasteiger partial charge is 0.251 e. The van der Waals surface area contributed by atoms with E-state index in [1.807, 2.05) is 19.1 Å². The lowest BCUT2D eigenvalue weighted by molar-refractivity contribution is 0.0939. The second-order valence-corrected chi connectivity index (χ2v) is 7.24. The number of hydrogen-bond donors (Lipinski definition) is 1. The molecule has 1 aromatic carbocycles. The average Bonchev–Trinajstić information content (AvgIpc) is 3.10. The number of rotatable bonds is 4. The lowest BCUT2D eigenvalue weighted by atomic mass is 10.1. The van der Waals surface area contributed by atoms with Crippen molar-refractivity contribution in [2.24, 2.45) is 0 Å². The maximum atomic E-state index is 12.6. The monoisotopic (exact) mass is 474 g/mol. The Hall–Kier alpha value is -2.57. The van der Waals surface area contributed by atoms with Gasteiger partial charge in [-0.2, -0.15) is 10.4 Å². The Morgan fingerprint density at radius 3 is 2.58 bits per heavy atom. The molecule has 7 nitrogen and oxygen atoms in total. The Morgan fingerprint density at radius 1 is 1.23 bits per heavy atom. The predicted molar refractivity (Wildman–Crippen MR) is 102 cm³/mol. The summed E-state index contributed by atoms with van der Waals surface area (Å²) in [6, 6.07) is 6.92. The molecule has 0 aliphatic carbocycles. The van der Waals surface area contributed by atoms with E-state index in [-0.39, 0.29) is 5.91 Å². The van der Waals surface area contributed by atoms with Crippen molar-refractivity contribution in [2.45, 2.75) is 13.0 Å². The molecule has 3 aromatic rings. The number of hydrogen-bond acceptors (Lipinski definition) is 5. The van der Waals surface area contributed by atoms with E-state index in [1.165, 1.54) is 17.1 Å². The van der Waals surface area contributed by atoms with Crippen LogP contribution in [0.15, 0.2) is 51.9 Å². The van der Waals surface area contributed by atoms with E-state index >= 15 is 0 Å². The van der Waals surface area contributed by atoms with E-state index in [9.17, 15) is 4.79 Å². The standard InChI is InChI=1S/C17H12Br2N6O/c1-10(24-17(26)12-4-13(18)6-14(19)5-12)15-16(22-3-2-21-15)25-9-11(7-20)8-23-25/h2-6,8-10H,1H3,(H,24,26). The minimum atomic E-state index is -0.418. The molecule has 0 aliphatic heterocycles. The van der Waals surface area contributed by atoms with Crippen LogP contribution in [0.2, 0.25) is 0 Å². The molecule has 1 N–H and O–H groups in total. The Kier molecular flexibility index (Phi) is 5.44. The van der Waals surface area contributed by atoms with Crippen molar-refractivity contribution in [1.29, 1.82) is 5.26 Å². The van der Waals surface area contributed by atoms with Gasteiger partial charge in [0.25, 0.3) is 5.91 Å². The first-order valence-electron chi connectivity index (χ1n) is 7.51. The van der Waals surface area contributed by atoms with Crippen LogP contribution >= 0.6 is 31.9 Å². The average molecular weight is 476 g/mol. The van der Waals surface area contributed by atoms with E-state index < -0.39 is 6.04 Å². The molecule has 0 spiro atoms. The maximum absolute atomic E-state index is 12.6. The Labute approximate surface area is 166 Å². The molecule has 3 rings (SSSR count). The summed E-state index contributed by atoms with van der Waals surface area (Å²) in [5.74, 6) is 0.214. The first-order chi connectivity index (χ1) is 12.5. The molecule has 26 heavy (non-hydrogen) atoms. The molecule has 1 unspecified atom stereocenters. The van der Waals surface area contributed by atoms with Crippen LogP contribution in [0.25, 0.3) is 5.82 Å². The number of benzene rings is 1. The summed E-state index contributed by atoms with van der Waals surface area (Å²) in [7, 11) is 0. The Balaban J connectivity index is 1.87. The molecule has 1 amide bonds. The number of nitriles is 1. The SMILES string of the molecule is CC(NC(=O)c1cc(Br)cc(Br)c1)c1nccnc1-n1cc(C#N)cn1. The molecule has 0 saturated heterocycles. The van der Waals surface area contributed by atoms with Crippen molar-refractivity contribution < 1.29 is 4.79 Å². The van der Waals surface area contributed by atoms with Gasteiger partial charge in [0, 0.05) is 26.9 Å². The van der Waals surface area contributed by atoms with Crippen LogP contribution in [-0.2, 0) is 0 Å². The number of nitrogens with zero attached hydrogens (tertiary/aromatic N) is 5. The van der Waals surface area contributed by atoms with Crippen molar-refractivity contribution in [1.82, 2.24) is 25.1 Å². The minimum absolute atomic E-state index is 0.241. The predicted octanol–water partition coefficient (Wildman–Crippen LogP) is 3.55. The number of aromatic nitrogens is 4. The highest BCUT2D eigenvalue weighted by atomic mass is 79.9. The third kappa shape index (κ3) is 3.98. The van der Waals surface area contributed by atoms with Gasteiger partial charge in [-0.05, 0) is 25.1 Å². The fourth-order valence-electron chi connectivity index (χ4n) is 2.35. The third-order valence-corrected chi connectivity index (χ3v) is 4.43. The summed E-state index contributed by atoms with van der Waals surface area (Å²) in [4.78, 5) is 21.2. The summed E-state index contributed by atoms with van der Waals surface area (Å²) < 4.78 is 3.06. The first-order valence-corrected chi connectivity index (χ1v) is 9.09. The van der Waals surface area contributed by atoms with E-state index in [1.54, 1.807) is 24.5 Å². The molecule has 9 heteroatoms. The molecule has 2 aromatic heterocycles. The topological polar surface area (TPSA) is 96.5 Å². The second kappa shape index (κ2) is 7.76. The summed E-state index contributed by atoms with van der Waals surface area (Å²) in [6.07, 6.45) is 6.09. The molecular weight excluding hydrogens is 464 g/mol. The summed E-state index contributed by atoms with van der Waals surface area (Å²) >= 11 is 6.75. The van der Waals surface area contributed by atoms with Gasteiger partial charge >= 0.3 is 0 Å². The number of amides is 1. The van der Waals surface area contributed by atoms with Gasteiger partial charge in [-0.25, -0.2) is 9.67 Å². The van der Waals surface area contributed by atoms with Crippen molar-refractivity contribution in [3.8, 4) is 11.9 Å². The molecule has 0 radical (unpaired) electrons. The molecular formula is C17H12Br2N6O. The number of nitrogens with one attached hydrogen (secondary N) is 1. The van der Waals surface area contributed by atoms with Crippen molar-refractivity contribution in [3.05, 3.63) is 68.8 Å². The number of carbonyl (C=O) groups excluding carboxylic acids is 1. The highest BCUT2D eigenvalue weighted by Crippen LogP contribution is 2.22. The minimum Gasteiger partial charge on any atom is -0.344 e. The van der Waals surface area contributed by atoms with Gasteiger partial charge in [0.15, 0.2) is 5.82 Å². The quantitative estimate of drug-likeness (QED) is 0.622. The molecule has 2 heterocycles. The zero-order valence-corrected chi connectivity index (χ0v) is 16.7. The van der Waals surface area contributed by atoms with Gasteiger partial charge in [0.1, 0.15) is 11.8 Å². The fourth-order valence-corrected chi connectivity index (χ4v) is 3.65. The zero-order valence-electron chi connectivity index (χ0n) is 13.5. The molecule has 0 fully saturated rings. The molecule has 0 aliphatic rings.